The van der Waals surface area contributed by atoms with Crippen LogP contribution in [-0.2, 0) is 6.54 Å². The molecule has 0 aliphatic carbocycles. The number of H-pyrrole nitrogens is 1. The van der Waals surface area contributed by atoms with Crippen LogP contribution in [0.2, 0.25) is 0 Å². The lowest BCUT2D eigenvalue weighted by Gasteiger charge is -2.03. The van der Waals surface area contributed by atoms with Crippen molar-refractivity contribution in [2.45, 2.75) is 6.54 Å². The van der Waals surface area contributed by atoms with Gasteiger partial charge in [-0.15, -0.1) is 6.58 Å². The molecule has 0 aliphatic heterocycles. The minimum absolute atomic E-state index is 0.0344. The number of carboxylic acid groups (broad SMARTS) is 1. The molecule has 0 bridgehead atoms. The summed E-state index contributed by atoms with van der Waals surface area (Å²) in [4.78, 5) is 14.3. The number of carbonyl (C=O) groups is 1. The molecule has 3 rings (SSSR count). The number of aromatic carboxylic acids is 1. The van der Waals surface area contributed by atoms with Crippen LogP contribution in [0.3, 0.4) is 0 Å². The second-order valence-electron chi connectivity index (χ2n) is 4.44. The number of rotatable bonds is 4. The summed E-state index contributed by atoms with van der Waals surface area (Å²) in [5.74, 6) is -1.03. The smallest absolute Gasteiger partial charge is 0.356 e. The predicted molar refractivity (Wildman–Crippen MR) is 76.7 cm³/mol. The van der Waals surface area contributed by atoms with E-state index in [1.54, 1.807) is 16.8 Å². The van der Waals surface area contributed by atoms with Crippen LogP contribution in [0.4, 0.5) is 0 Å². The summed E-state index contributed by atoms with van der Waals surface area (Å²) in [6, 6.07) is 9.46. The van der Waals surface area contributed by atoms with Gasteiger partial charge in [0, 0.05) is 22.7 Å². The molecule has 5 nitrogen and oxygen atoms in total. The lowest BCUT2D eigenvalue weighted by Crippen LogP contribution is -2.02. The largest absolute Gasteiger partial charge is 0.476 e. The number of nitrogens with one attached hydrogen (secondary N) is 1. The summed E-state index contributed by atoms with van der Waals surface area (Å²) in [5.41, 5.74) is 2.74. The number of carboxylic acids is 1. The molecule has 0 atom stereocenters. The Hall–Kier alpha value is -2.82. The van der Waals surface area contributed by atoms with Gasteiger partial charge in [0.25, 0.3) is 0 Å². The van der Waals surface area contributed by atoms with Gasteiger partial charge in [-0.1, -0.05) is 24.3 Å². The standard InChI is InChI=1S/C15H13N3O2/c1-2-7-18-14(8-13(17-18)15(19)20)11-9-16-12-6-4-3-5-10(11)12/h2-6,8-9,16H,1,7H2,(H,19,20). The van der Waals surface area contributed by atoms with Crippen LogP contribution in [0.5, 0.6) is 0 Å². The van der Waals surface area contributed by atoms with Gasteiger partial charge in [0.1, 0.15) is 0 Å². The zero-order valence-corrected chi connectivity index (χ0v) is 10.7. The molecule has 3 aromatic rings. The van der Waals surface area contributed by atoms with E-state index in [2.05, 4.69) is 16.7 Å². The van der Waals surface area contributed by atoms with Crippen molar-refractivity contribution in [2.75, 3.05) is 0 Å². The van der Waals surface area contributed by atoms with Crippen LogP contribution in [0.25, 0.3) is 22.2 Å². The van der Waals surface area contributed by atoms with E-state index in [4.69, 9.17) is 5.11 Å². The molecule has 2 N–H and O–H groups in total. The summed E-state index contributed by atoms with van der Waals surface area (Å²) >= 11 is 0. The first-order chi connectivity index (χ1) is 9.70. The molecule has 5 heteroatoms. The van der Waals surface area contributed by atoms with Gasteiger partial charge in [0.2, 0.25) is 0 Å². The maximum absolute atomic E-state index is 11.1. The van der Waals surface area contributed by atoms with Gasteiger partial charge >= 0.3 is 5.97 Å². The summed E-state index contributed by atoms with van der Waals surface area (Å²) < 4.78 is 1.64. The Labute approximate surface area is 115 Å². The number of aromatic amines is 1. The summed E-state index contributed by atoms with van der Waals surface area (Å²) in [6.07, 6.45) is 3.56. The molecule has 0 spiro atoms. The fourth-order valence-electron chi connectivity index (χ4n) is 2.28. The first-order valence-electron chi connectivity index (χ1n) is 6.19. The average Bonchev–Trinajstić information content (AvgIpc) is 3.02. The van der Waals surface area contributed by atoms with E-state index in [-0.39, 0.29) is 5.69 Å². The Morgan fingerprint density at radius 3 is 3.00 bits per heavy atom. The van der Waals surface area contributed by atoms with Crippen molar-refractivity contribution < 1.29 is 9.90 Å². The normalized spacial score (nSPS) is 10.8. The molecule has 0 amide bonds. The number of allylic oxidation sites excluding steroid dienone is 1. The second kappa shape index (κ2) is 4.70. The van der Waals surface area contributed by atoms with Crippen molar-refractivity contribution in [1.29, 1.82) is 0 Å². The fraction of sp³-hybridized carbons (Fsp3) is 0.0667. The van der Waals surface area contributed by atoms with Crippen LogP contribution in [0.1, 0.15) is 10.5 Å². The second-order valence-corrected chi connectivity index (χ2v) is 4.44. The highest BCUT2D eigenvalue weighted by Gasteiger charge is 2.16. The zero-order chi connectivity index (χ0) is 14.1. The molecular formula is C15H13N3O2. The minimum Gasteiger partial charge on any atom is -0.476 e. The molecule has 0 aliphatic rings. The number of hydrogen-bond acceptors (Lipinski definition) is 2. The third kappa shape index (κ3) is 1.89. The number of fused-ring (bicyclic) bond motifs is 1. The maximum atomic E-state index is 11.1. The van der Waals surface area contributed by atoms with Crippen molar-refractivity contribution in [3.05, 3.63) is 54.9 Å². The fourth-order valence-corrected chi connectivity index (χ4v) is 2.28. The third-order valence-electron chi connectivity index (χ3n) is 3.17. The summed E-state index contributed by atoms with van der Waals surface area (Å²) in [6.45, 7) is 4.14. The highest BCUT2D eigenvalue weighted by Crippen LogP contribution is 2.29. The molecule has 2 heterocycles. The molecule has 0 saturated carbocycles. The number of hydrogen-bond donors (Lipinski definition) is 2. The van der Waals surface area contributed by atoms with E-state index >= 15 is 0 Å². The Morgan fingerprint density at radius 1 is 1.45 bits per heavy atom. The molecule has 20 heavy (non-hydrogen) atoms. The first-order valence-corrected chi connectivity index (χ1v) is 6.19. The summed E-state index contributed by atoms with van der Waals surface area (Å²) in [7, 11) is 0. The van der Waals surface area contributed by atoms with E-state index in [1.807, 2.05) is 30.5 Å². The van der Waals surface area contributed by atoms with E-state index < -0.39 is 5.97 Å². The highest BCUT2D eigenvalue weighted by molar-refractivity contribution is 5.96. The van der Waals surface area contributed by atoms with Gasteiger partial charge in [-0.3, -0.25) is 4.68 Å². The Balaban J connectivity index is 2.22. The monoisotopic (exact) mass is 267 g/mol. The third-order valence-corrected chi connectivity index (χ3v) is 3.17. The Bertz CT molecular complexity index is 798. The molecule has 2 aromatic heterocycles. The van der Waals surface area contributed by atoms with Gasteiger partial charge < -0.3 is 10.1 Å². The number of nitrogens with zero attached hydrogens (tertiary/aromatic N) is 2. The molecular weight excluding hydrogens is 254 g/mol. The van der Waals surface area contributed by atoms with E-state index in [0.717, 1.165) is 22.2 Å². The average molecular weight is 267 g/mol. The van der Waals surface area contributed by atoms with Gasteiger partial charge in [0.05, 0.1) is 12.2 Å². The van der Waals surface area contributed by atoms with Crippen molar-refractivity contribution in [2.24, 2.45) is 0 Å². The topological polar surface area (TPSA) is 70.9 Å². The van der Waals surface area contributed by atoms with Gasteiger partial charge in [-0.05, 0) is 12.1 Å². The van der Waals surface area contributed by atoms with Crippen LogP contribution >= 0.6 is 0 Å². The van der Waals surface area contributed by atoms with Crippen LogP contribution in [0, 0.1) is 0 Å². The number of aromatic nitrogens is 3. The van der Waals surface area contributed by atoms with Gasteiger partial charge in [0.15, 0.2) is 5.69 Å². The number of benzene rings is 1. The van der Waals surface area contributed by atoms with Crippen LogP contribution < -0.4 is 0 Å². The molecule has 1 aromatic carbocycles. The maximum Gasteiger partial charge on any atom is 0.356 e. The Morgan fingerprint density at radius 2 is 2.25 bits per heavy atom. The molecule has 0 saturated heterocycles. The molecule has 0 unspecified atom stereocenters. The van der Waals surface area contributed by atoms with Crippen LogP contribution in [-0.4, -0.2) is 25.8 Å². The quantitative estimate of drug-likeness (QED) is 0.714. The molecule has 0 fully saturated rings. The highest BCUT2D eigenvalue weighted by atomic mass is 16.4. The van der Waals surface area contributed by atoms with E-state index in [9.17, 15) is 4.79 Å². The molecule has 100 valence electrons. The predicted octanol–water partition coefficient (Wildman–Crippen LogP) is 2.92. The van der Waals surface area contributed by atoms with Crippen molar-refractivity contribution in [1.82, 2.24) is 14.8 Å². The first kappa shape index (κ1) is 12.2. The lowest BCUT2D eigenvalue weighted by molar-refractivity contribution is 0.0689. The van der Waals surface area contributed by atoms with E-state index in [1.165, 1.54) is 0 Å². The van der Waals surface area contributed by atoms with Gasteiger partial charge in [-0.2, -0.15) is 5.10 Å². The SMILES string of the molecule is C=CCn1nc(C(=O)O)cc1-c1c[nH]c2ccccc12. The zero-order valence-electron chi connectivity index (χ0n) is 10.7. The number of para-hydroxylation sites is 1. The minimum atomic E-state index is -1.03. The molecule has 0 radical (unpaired) electrons. The summed E-state index contributed by atoms with van der Waals surface area (Å²) in [5, 5.41) is 14.2. The van der Waals surface area contributed by atoms with Crippen molar-refractivity contribution in [3.8, 4) is 11.3 Å². The van der Waals surface area contributed by atoms with Crippen LogP contribution in [0.15, 0.2) is 49.2 Å². The van der Waals surface area contributed by atoms with E-state index in [0.29, 0.717) is 6.54 Å². The Kier molecular flexibility index (Phi) is 2.87. The lowest BCUT2D eigenvalue weighted by atomic mass is 10.1. The van der Waals surface area contributed by atoms with Gasteiger partial charge in [-0.25, -0.2) is 4.79 Å². The van der Waals surface area contributed by atoms with Crippen molar-refractivity contribution >= 4 is 16.9 Å². The van der Waals surface area contributed by atoms with Crippen molar-refractivity contribution in [3.63, 3.8) is 0 Å².